The Morgan fingerprint density at radius 1 is 1.15 bits per heavy atom. The molecule has 2 saturated carbocycles. The van der Waals surface area contributed by atoms with Gasteiger partial charge in [0.2, 0.25) is 5.88 Å². The van der Waals surface area contributed by atoms with Gasteiger partial charge in [-0.05, 0) is 50.7 Å². The Morgan fingerprint density at radius 3 is 2.73 bits per heavy atom. The number of aliphatic hydroxyl groups excluding tert-OH is 1. The van der Waals surface area contributed by atoms with E-state index in [-0.39, 0.29) is 6.10 Å². The average molecular weight is 355 g/mol. The van der Waals surface area contributed by atoms with Crippen molar-refractivity contribution in [3.05, 3.63) is 41.6 Å². The molecule has 2 heterocycles. The van der Waals surface area contributed by atoms with Crippen LogP contribution in [-0.2, 0) is 0 Å². The zero-order valence-electron chi connectivity index (χ0n) is 15.3. The maximum absolute atomic E-state index is 9.84. The number of rotatable bonds is 6. The highest BCUT2D eigenvalue weighted by Crippen LogP contribution is 2.47. The molecule has 26 heavy (non-hydrogen) atoms. The first kappa shape index (κ1) is 17.2. The maximum Gasteiger partial charge on any atom is 0.220 e. The second-order valence-electron chi connectivity index (χ2n) is 7.38. The molecule has 0 bridgehead atoms. The van der Waals surface area contributed by atoms with Crippen molar-refractivity contribution in [3.63, 3.8) is 0 Å². The van der Waals surface area contributed by atoms with Crippen molar-refractivity contribution in [3.8, 4) is 11.6 Å². The zero-order chi connectivity index (χ0) is 18.1. The van der Waals surface area contributed by atoms with Crippen LogP contribution in [0.3, 0.4) is 0 Å². The van der Waals surface area contributed by atoms with Crippen LogP contribution < -0.4 is 9.47 Å². The van der Waals surface area contributed by atoms with Crippen molar-refractivity contribution >= 4 is 0 Å². The van der Waals surface area contributed by atoms with Gasteiger partial charge in [0.1, 0.15) is 11.6 Å². The highest BCUT2D eigenvalue weighted by Gasteiger charge is 2.40. The van der Waals surface area contributed by atoms with Gasteiger partial charge in [0.15, 0.2) is 0 Å². The molecule has 2 aliphatic carbocycles. The minimum Gasteiger partial charge on any atom is -0.495 e. The van der Waals surface area contributed by atoms with E-state index in [2.05, 4.69) is 15.0 Å². The van der Waals surface area contributed by atoms with Crippen molar-refractivity contribution in [2.45, 2.75) is 50.5 Å². The van der Waals surface area contributed by atoms with Gasteiger partial charge in [-0.25, -0.2) is 4.98 Å². The van der Waals surface area contributed by atoms with Crippen LogP contribution in [0.1, 0.15) is 54.6 Å². The molecule has 2 aromatic rings. The first-order valence-corrected chi connectivity index (χ1v) is 9.28. The van der Waals surface area contributed by atoms with Gasteiger partial charge in [-0.3, -0.25) is 4.98 Å². The summed E-state index contributed by atoms with van der Waals surface area (Å²) in [7, 11) is 1.65. The molecule has 0 saturated heterocycles. The van der Waals surface area contributed by atoms with Crippen molar-refractivity contribution < 1.29 is 14.6 Å². The van der Waals surface area contributed by atoms with Crippen molar-refractivity contribution in [1.29, 1.82) is 0 Å². The third-order valence-corrected chi connectivity index (χ3v) is 5.48. The summed E-state index contributed by atoms with van der Waals surface area (Å²) in [5, 5.41) is 9.84. The quantitative estimate of drug-likeness (QED) is 0.858. The molecule has 138 valence electrons. The number of pyridine rings is 1. The van der Waals surface area contributed by atoms with Crippen LogP contribution in [0.2, 0.25) is 0 Å². The molecule has 0 radical (unpaired) electrons. The predicted octanol–water partition coefficient (Wildman–Crippen LogP) is 3.00. The minimum atomic E-state index is -0.219. The first-order valence-electron chi connectivity index (χ1n) is 9.28. The van der Waals surface area contributed by atoms with E-state index in [9.17, 15) is 5.11 Å². The van der Waals surface area contributed by atoms with E-state index in [0.29, 0.717) is 36.1 Å². The van der Waals surface area contributed by atoms with E-state index < -0.39 is 0 Å². The third kappa shape index (κ3) is 3.65. The molecule has 0 aliphatic heterocycles. The fraction of sp³-hybridized carbons (Fsp3) is 0.550. The predicted molar refractivity (Wildman–Crippen MR) is 96.5 cm³/mol. The standard InChI is InChI=1S/C20H25N3O3/c1-12-21-10-18(13-3-4-15(24)7-13)20(23-12)26-11-14-8-17(14)19-6-5-16(25-2)9-22-19/h5-6,9-10,13-15,17,24H,3-4,7-8,11H2,1-2H3/t13-,14+,15+,17-/m0/s1. The summed E-state index contributed by atoms with van der Waals surface area (Å²) < 4.78 is 11.3. The smallest absolute Gasteiger partial charge is 0.220 e. The number of nitrogens with zero attached hydrogens (tertiary/aromatic N) is 3. The van der Waals surface area contributed by atoms with Gasteiger partial charge < -0.3 is 14.6 Å². The summed E-state index contributed by atoms with van der Waals surface area (Å²) in [5.74, 6) is 3.38. The van der Waals surface area contributed by atoms with Gasteiger partial charge in [0.05, 0.1) is 26.0 Å². The van der Waals surface area contributed by atoms with Gasteiger partial charge in [-0.15, -0.1) is 0 Å². The topological polar surface area (TPSA) is 77.4 Å². The molecule has 6 heteroatoms. The van der Waals surface area contributed by atoms with Crippen LogP contribution in [0.5, 0.6) is 11.6 Å². The van der Waals surface area contributed by atoms with Gasteiger partial charge in [-0.1, -0.05) is 0 Å². The average Bonchev–Trinajstić information content (AvgIpc) is 3.31. The minimum absolute atomic E-state index is 0.219. The van der Waals surface area contributed by atoms with Gasteiger partial charge in [0, 0.05) is 29.3 Å². The normalized spacial score (nSPS) is 27.3. The Balaban J connectivity index is 1.40. The van der Waals surface area contributed by atoms with E-state index >= 15 is 0 Å². The summed E-state index contributed by atoms with van der Waals surface area (Å²) in [6, 6.07) is 3.99. The monoisotopic (exact) mass is 355 g/mol. The third-order valence-electron chi connectivity index (χ3n) is 5.48. The molecule has 4 rings (SSSR count). The Labute approximate surface area is 153 Å². The SMILES string of the molecule is COc1ccc([C@H]2C[C@@H]2COc2nc(C)ncc2[C@H]2CC[C@@H](O)C2)nc1. The van der Waals surface area contributed by atoms with E-state index in [1.54, 1.807) is 13.3 Å². The molecule has 0 aromatic carbocycles. The summed E-state index contributed by atoms with van der Waals surface area (Å²) in [4.78, 5) is 13.3. The number of aliphatic hydroxyl groups is 1. The number of aromatic nitrogens is 3. The molecule has 1 N–H and O–H groups in total. The summed E-state index contributed by atoms with van der Waals surface area (Å²) in [6.45, 7) is 2.51. The van der Waals surface area contributed by atoms with E-state index in [1.165, 1.54) is 0 Å². The summed E-state index contributed by atoms with van der Waals surface area (Å²) in [5.41, 5.74) is 2.13. The number of hydrogen-bond acceptors (Lipinski definition) is 6. The largest absolute Gasteiger partial charge is 0.495 e. The number of aryl methyl sites for hydroxylation is 1. The lowest BCUT2D eigenvalue weighted by Gasteiger charge is -2.15. The Hall–Kier alpha value is -2.21. The van der Waals surface area contributed by atoms with Crippen molar-refractivity contribution in [1.82, 2.24) is 15.0 Å². The highest BCUT2D eigenvalue weighted by atomic mass is 16.5. The van der Waals surface area contributed by atoms with Crippen LogP contribution >= 0.6 is 0 Å². The van der Waals surface area contributed by atoms with Crippen LogP contribution in [0.4, 0.5) is 0 Å². The molecular formula is C20H25N3O3. The zero-order valence-corrected chi connectivity index (χ0v) is 15.3. The van der Waals surface area contributed by atoms with E-state index in [0.717, 1.165) is 42.7 Å². The summed E-state index contributed by atoms with van der Waals surface area (Å²) >= 11 is 0. The summed E-state index contributed by atoms with van der Waals surface area (Å²) in [6.07, 6.45) is 7.07. The molecule has 0 amide bonds. The van der Waals surface area contributed by atoms with Gasteiger partial charge in [-0.2, -0.15) is 4.98 Å². The van der Waals surface area contributed by atoms with Crippen LogP contribution in [0.25, 0.3) is 0 Å². The van der Waals surface area contributed by atoms with Gasteiger partial charge in [0.25, 0.3) is 0 Å². The second kappa shape index (κ2) is 7.19. The maximum atomic E-state index is 9.84. The fourth-order valence-electron chi connectivity index (χ4n) is 3.81. The number of methoxy groups -OCH3 is 1. The Kier molecular flexibility index (Phi) is 4.76. The van der Waals surface area contributed by atoms with Gasteiger partial charge >= 0.3 is 0 Å². The molecule has 0 spiro atoms. The Bertz CT molecular complexity index is 765. The van der Waals surface area contributed by atoms with Crippen molar-refractivity contribution in [2.24, 2.45) is 5.92 Å². The first-order chi connectivity index (χ1) is 12.6. The van der Waals surface area contributed by atoms with E-state index in [1.807, 2.05) is 25.3 Å². The lowest BCUT2D eigenvalue weighted by Crippen LogP contribution is -2.09. The van der Waals surface area contributed by atoms with Crippen LogP contribution in [-0.4, -0.2) is 39.9 Å². The Morgan fingerprint density at radius 2 is 2.04 bits per heavy atom. The lowest BCUT2D eigenvalue weighted by atomic mass is 10.00. The van der Waals surface area contributed by atoms with Crippen LogP contribution in [0, 0.1) is 12.8 Å². The molecular weight excluding hydrogens is 330 g/mol. The molecule has 6 nitrogen and oxygen atoms in total. The molecule has 2 aromatic heterocycles. The molecule has 4 atom stereocenters. The van der Waals surface area contributed by atoms with Crippen molar-refractivity contribution in [2.75, 3.05) is 13.7 Å². The number of ether oxygens (including phenoxy) is 2. The molecule has 0 unspecified atom stereocenters. The highest BCUT2D eigenvalue weighted by molar-refractivity contribution is 5.30. The second-order valence-corrected chi connectivity index (χ2v) is 7.38. The lowest BCUT2D eigenvalue weighted by molar-refractivity contribution is 0.181. The number of hydrogen-bond donors (Lipinski definition) is 1. The fourth-order valence-corrected chi connectivity index (χ4v) is 3.81. The molecule has 2 aliphatic rings. The van der Waals surface area contributed by atoms with E-state index in [4.69, 9.17) is 9.47 Å². The molecule has 2 fully saturated rings. The van der Waals surface area contributed by atoms with Crippen LogP contribution in [0.15, 0.2) is 24.5 Å².